The number of nitrogens with zero attached hydrogens (tertiary/aromatic N) is 1. The minimum Gasteiger partial charge on any atom is -0.378 e. The van der Waals surface area contributed by atoms with Crippen molar-refractivity contribution in [3.8, 4) is 0 Å². The Balaban J connectivity index is 2.45. The SMILES string of the molecule is CCOP(=O)(c1ccccc1)c1ccc(N(C)C)cc1. The second-order valence-corrected chi connectivity index (χ2v) is 7.11. The summed E-state index contributed by atoms with van der Waals surface area (Å²) in [5.41, 5.74) is 1.07. The van der Waals surface area contributed by atoms with Crippen LogP contribution in [0.25, 0.3) is 0 Å². The summed E-state index contributed by atoms with van der Waals surface area (Å²) in [5.74, 6) is 0. The van der Waals surface area contributed by atoms with E-state index in [4.69, 9.17) is 4.52 Å². The van der Waals surface area contributed by atoms with Crippen LogP contribution in [0.1, 0.15) is 6.92 Å². The Kier molecular flexibility index (Phi) is 4.64. The first-order valence-corrected chi connectivity index (χ1v) is 8.28. The molecule has 0 fully saturated rings. The quantitative estimate of drug-likeness (QED) is 0.792. The molecule has 0 aliphatic carbocycles. The van der Waals surface area contributed by atoms with Gasteiger partial charge in [0.25, 0.3) is 7.37 Å². The summed E-state index contributed by atoms with van der Waals surface area (Å²) < 4.78 is 18.9. The van der Waals surface area contributed by atoms with Gasteiger partial charge in [-0.3, -0.25) is 4.57 Å². The van der Waals surface area contributed by atoms with E-state index < -0.39 is 7.37 Å². The zero-order chi connectivity index (χ0) is 14.6. The predicted molar refractivity (Wildman–Crippen MR) is 85.7 cm³/mol. The number of benzene rings is 2. The zero-order valence-electron chi connectivity index (χ0n) is 12.1. The Morgan fingerprint density at radius 2 is 1.50 bits per heavy atom. The Hall–Kier alpha value is -1.57. The minimum absolute atomic E-state index is 0.418. The summed E-state index contributed by atoms with van der Waals surface area (Å²) in [5, 5.41) is 1.47. The Labute approximate surface area is 120 Å². The first kappa shape index (κ1) is 14.8. The molecule has 0 aromatic heterocycles. The highest BCUT2D eigenvalue weighted by Gasteiger charge is 2.27. The molecule has 2 rings (SSSR count). The fraction of sp³-hybridized carbons (Fsp3) is 0.250. The molecule has 0 saturated carbocycles. The van der Waals surface area contributed by atoms with Crippen LogP contribution in [-0.2, 0) is 9.09 Å². The van der Waals surface area contributed by atoms with Crippen molar-refractivity contribution in [1.82, 2.24) is 0 Å². The lowest BCUT2D eigenvalue weighted by Crippen LogP contribution is -2.19. The normalized spacial score (nSPS) is 13.8. The van der Waals surface area contributed by atoms with E-state index in [2.05, 4.69) is 0 Å². The van der Waals surface area contributed by atoms with E-state index in [0.717, 1.165) is 16.3 Å². The topological polar surface area (TPSA) is 29.5 Å². The molecule has 0 aliphatic heterocycles. The monoisotopic (exact) mass is 289 g/mol. The lowest BCUT2D eigenvalue weighted by molar-refractivity contribution is 0.348. The van der Waals surface area contributed by atoms with Gasteiger partial charge in [0, 0.05) is 30.4 Å². The highest BCUT2D eigenvalue weighted by atomic mass is 31.2. The van der Waals surface area contributed by atoms with Gasteiger partial charge >= 0.3 is 0 Å². The Bertz CT molecular complexity index is 594. The average Bonchev–Trinajstić information content (AvgIpc) is 2.48. The molecule has 1 atom stereocenters. The molecule has 0 aliphatic rings. The summed E-state index contributed by atoms with van der Waals surface area (Å²) in [6, 6.07) is 17.1. The number of hydrogen-bond donors (Lipinski definition) is 0. The fourth-order valence-corrected chi connectivity index (χ4v) is 4.12. The van der Waals surface area contributed by atoms with Crippen molar-refractivity contribution in [2.75, 3.05) is 25.6 Å². The highest BCUT2D eigenvalue weighted by molar-refractivity contribution is 7.74. The Morgan fingerprint density at radius 3 is 2.00 bits per heavy atom. The molecule has 0 bridgehead atoms. The minimum atomic E-state index is -2.99. The van der Waals surface area contributed by atoms with E-state index in [0.29, 0.717) is 6.61 Å². The van der Waals surface area contributed by atoms with Gasteiger partial charge in [0.2, 0.25) is 0 Å². The first-order chi connectivity index (χ1) is 9.58. The maximum absolute atomic E-state index is 13.3. The molecular weight excluding hydrogens is 269 g/mol. The van der Waals surface area contributed by atoms with Crippen LogP contribution in [0.2, 0.25) is 0 Å². The molecule has 1 unspecified atom stereocenters. The van der Waals surface area contributed by atoms with Crippen LogP contribution in [0.15, 0.2) is 54.6 Å². The molecule has 2 aromatic carbocycles. The summed E-state index contributed by atoms with van der Waals surface area (Å²) in [6.45, 7) is 2.28. The lowest BCUT2D eigenvalue weighted by Gasteiger charge is -2.20. The maximum atomic E-state index is 13.3. The Morgan fingerprint density at radius 1 is 0.950 bits per heavy atom. The smallest absolute Gasteiger partial charge is 0.261 e. The number of hydrogen-bond acceptors (Lipinski definition) is 3. The van der Waals surface area contributed by atoms with E-state index >= 15 is 0 Å². The van der Waals surface area contributed by atoms with Gasteiger partial charge in [-0.15, -0.1) is 0 Å². The van der Waals surface area contributed by atoms with Crippen LogP contribution < -0.4 is 15.5 Å². The van der Waals surface area contributed by atoms with Crippen LogP contribution in [-0.4, -0.2) is 20.7 Å². The van der Waals surface area contributed by atoms with Crippen molar-refractivity contribution in [3.05, 3.63) is 54.6 Å². The van der Waals surface area contributed by atoms with Crippen LogP contribution in [0.5, 0.6) is 0 Å². The highest BCUT2D eigenvalue weighted by Crippen LogP contribution is 2.44. The molecule has 20 heavy (non-hydrogen) atoms. The van der Waals surface area contributed by atoms with Crippen LogP contribution in [0.3, 0.4) is 0 Å². The van der Waals surface area contributed by atoms with Crippen molar-refractivity contribution in [2.45, 2.75) is 6.92 Å². The van der Waals surface area contributed by atoms with Crippen molar-refractivity contribution < 1.29 is 9.09 Å². The van der Waals surface area contributed by atoms with Crippen molar-refractivity contribution in [2.24, 2.45) is 0 Å². The molecule has 0 amide bonds. The number of anilines is 1. The second kappa shape index (κ2) is 6.25. The third-order valence-electron chi connectivity index (χ3n) is 3.11. The largest absolute Gasteiger partial charge is 0.378 e. The van der Waals surface area contributed by atoms with Crippen molar-refractivity contribution in [1.29, 1.82) is 0 Å². The standard InChI is InChI=1S/C16H20NO2P/c1-4-19-20(18,15-8-6-5-7-9-15)16-12-10-14(11-13-16)17(2)3/h5-13H,4H2,1-3H3. The van der Waals surface area contributed by atoms with Gasteiger partial charge in [-0.1, -0.05) is 18.2 Å². The van der Waals surface area contributed by atoms with E-state index in [1.165, 1.54) is 0 Å². The van der Waals surface area contributed by atoms with E-state index in [1.807, 2.05) is 80.5 Å². The molecule has 0 radical (unpaired) electrons. The second-order valence-electron chi connectivity index (χ2n) is 4.72. The van der Waals surface area contributed by atoms with E-state index in [-0.39, 0.29) is 0 Å². The van der Waals surface area contributed by atoms with Gasteiger partial charge in [0.15, 0.2) is 0 Å². The molecule has 2 aromatic rings. The van der Waals surface area contributed by atoms with Crippen LogP contribution >= 0.6 is 7.37 Å². The third kappa shape index (κ3) is 2.95. The molecule has 106 valence electrons. The first-order valence-electron chi connectivity index (χ1n) is 6.66. The summed E-state index contributed by atoms with van der Waals surface area (Å²) in [6.07, 6.45) is 0. The third-order valence-corrected chi connectivity index (χ3v) is 5.69. The van der Waals surface area contributed by atoms with Gasteiger partial charge in [-0.2, -0.15) is 0 Å². The predicted octanol–water partition coefficient (Wildman–Crippen LogP) is 3.02. The fourth-order valence-electron chi connectivity index (χ4n) is 2.05. The van der Waals surface area contributed by atoms with E-state index in [9.17, 15) is 4.57 Å². The van der Waals surface area contributed by atoms with E-state index in [1.54, 1.807) is 0 Å². The van der Waals surface area contributed by atoms with Crippen molar-refractivity contribution in [3.63, 3.8) is 0 Å². The lowest BCUT2D eigenvalue weighted by atomic mass is 10.3. The van der Waals surface area contributed by atoms with Gasteiger partial charge < -0.3 is 9.42 Å². The number of rotatable bonds is 5. The van der Waals surface area contributed by atoms with Gasteiger partial charge in [0.05, 0.1) is 6.61 Å². The molecule has 0 spiro atoms. The van der Waals surface area contributed by atoms with Gasteiger partial charge in [-0.25, -0.2) is 0 Å². The molecule has 3 nitrogen and oxygen atoms in total. The molecular formula is C16H20NO2P. The molecule has 4 heteroatoms. The molecule has 0 saturated heterocycles. The van der Waals surface area contributed by atoms with Crippen LogP contribution in [0.4, 0.5) is 5.69 Å². The van der Waals surface area contributed by atoms with Gasteiger partial charge in [-0.05, 0) is 43.3 Å². The summed E-state index contributed by atoms with van der Waals surface area (Å²) in [7, 11) is 0.968. The summed E-state index contributed by atoms with van der Waals surface area (Å²) >= 11 is 0. The van der Waals surface area contributed by atoms with Gasteiger partial charge in [0.1, 0.15) is 0 Å². The molecule has 0 N–H and O–H groups in total. The van der Waals surface area contributed by atoms with Crippen LogP contribution in [0, 0.1) is 0 Å². The zero-order valence-corrected chi connectivity index (χ0v) is 13.0. The molecule has 0 heterocycles. The summed E-state index contributed by atoms with van der Waals surface area (Å²) in [4.78, 5) is 2.01. The van der Waals surface area contributed by atoms with Crippen molar-refractivity contribution >= 4 is 23.7 Å². The maximum Gasteiger partial charge on any atom is 0.261 e. The average molecular weight is 289 g/mol.